The molecule has 1 aromatic rings. The average Bonchev–Trinajstić information content (AvgIpc) is 2.36. The summed E-state index contributed by atoms with van der Waals surface area (Å²) < 4.78 is 37.6. The largest absolute Gasteiger partial charge is 0.406 e. The van der Waals surface area contributed by atoms with Crippen molar-refractivity contribution in [3.8, 4) is 0 Å². The molecule has 0 atom stereocenters. The van der Waals surface area contributed by atoms with E-state index in [0.717, 1.165) is 17.3 Å². The number of amides is 2. The summed E-state index contributed by atoms with van der Waals surface area (Å²) in [7, 11) is 2.75. The summed E-state index contributed by atoms with van der Waals surface area (Å²) in [5.74, 6) is -1.69. The fourth-order valence-corrected chi connectivity index (χ4v) is 1.40. The second kappa shape index (κ2) is 6.70. The van der Waals surface area contributed by atoms with Crippen LogP contribution in [0.1, 0.15) is 10.5 Å². The molecule has 0 bridgehead atoms. The zero-order valence-corrected chi connectivity index (χ0v) is 11.9. The Morgan fingerprint density at radius 1 is 1.24 bits per heavy atom. The number of halogens is 4. The summed E-state index contributed by atoms with van der Waals surface area (Å²) in [6.45, 7) is -2.27. The predicted molar refractivity (Wildman–Crippen MR) is 67.7 cm³/mol. The number of carbonyl (C=O) groups excluding carboxylic acids is 2. The van der Waals surface area contributed by atoms with Crippen LogP contribution in [0, 0.1) is 0 Å². The minimum Gasteiger partial charge on any atom is -0.347 e. The maximum Gasteiger partial charge on any atom is 0.406 e. The highest BCUT2D eigenvalue weighted by atomic mass is 35.5. The summed E-state index contributed by atoms with van der Waals surface area (Å²) in [6, 6.07) is 0. The molecule has 0 aliphatic carbocycles. The van der Waals surface area contributed by atoms with Crippen molar-refractivity contribution in [2.24, 2.45) is 0 Å². The normalized spacial score (nSPS) is 11.1. The van der Waals surface area contributed by atoms with E-state index in [1.807, 2.05) is 0 Å². The number of hydrogen-bond donors (Lipinski definition) is 0. The van der Waals surface area contributed by atoms with E-state index < -0.39 is 31.1 Å². The van der Waals surface area contributed by atoms with Gasteiger partial charge in [-0.05, 0) is 0 Å². The second-order valence-electron chi connectivity index (χ2n) is 4.29. The van der Waals surface area contributed by atoms with Gasteiger partial charge in [0.05, 0.1) is 12.4 Å². The van der Waals surface area contributed by atoms with E-state index >= 15 is 0 Å². The Morgan fingerprint density at radius 2 is 1.86 bits per heavy atom. The maximum atomic E-state index is 12.5. The van der Waals surface area contributed by atoms with Crippen LogP contribution in [0.25, 0.3) is 0 Å². The van der Waals surface area contributed by atoms with Gasteiger partial charge in [0, 0.05) is 14.1 Å². The number of likely N-dealkylation sites (N-methyl/N-ethyl adjacent to an activating group) is 1. The zero-order chi connectivity index (χ0) is 16.2. The molecule has 0 aromatic carbocycles. The summed E-state index contributed by atoms with van der Waals surface area (Å²) in [6.07, 6.45) is -2.65. The Hall–Kier alpha value is -1.90. The molecule has 0 N–H and O–H groups in total. The molecule has 0 aliphatic heterocycles. The molecule has 6 nitrogen and oxygen atoms in total. The highest BCUT2D eigenvalue weighted by Gasteiger charge is 2.35. The van der Waals surface area contributed by atoms with Gasteiger partial charge in [-0.2, -0.15) is 13.2 Å². The van der Waals surface area contributed by atoms with Crippen LogP contribution in [-0.4, -0.2) is 64.9 Å². The summed E-state index contributed by atoms with van der Waals surface area (Å²) in [4.78, 5) is 32.2. The van der Waals surface area contributed by atoms with Crippen molar-refractivity contribution in [3.05, 3.63) is 23.2 Å². The first kappa shape index (κ1) is 17.2. The zero-order valence-electron chi connectivity index (χ0n) is 11.2. The topological polar surface area (TPSA) is 66.4 Å². The summed E-state index contributed by atoms with van der Waals surface area (Å²) in [5.41, 5.74) is -0.324. The van der Waals surface area contributed by atoms with Gasteiger partial charge < -0.3 is 9.80 Å². The van der Waals surface area contributed by atoms with Gasteiger partial charge in [0.15, 0.2) is 0 Å². The first-order valence-electron chi connectivity index (χ1n) is 5.64. The van der Waals surface area contributed by atoms with E-state index in [-0.39, 0.29) is 10.8 Å². The minimum atomic E-state index is -4.64. The quantitative estimate of drug-likeness (QED) is 0.835. The molecule has 1 rings (SSSR count). The van der Waals surface area contributed by atoms with Gasteiger partial charge in [-0.25, -0.2) is 9.97 Å². The van der Waals surface area contributed by atoms with Crippen molar-refractivity contribution in [2.75, 3.05) is 27.2 Å². The monoisotopic (exact) mass is 324 g/mol. The Bertz CT molecular complexity index is 519. The lowest BCUT2D eigenvalue weighted by atomic mass is 10.3. The SMILES string of the molecule is CN(C)C(=O)CN(CC(F)(F)F)C(=O)c1cnc(Cl)cn1. The van der Waals surface area contributed by atoms with Gasteiger partial charge in [0.1, 0.15) is 23.9 Å². The molecule has 1 aromatic heterocycles. The van der Waals surface area contributed by atoms with Crippen molar-refractivity contribution in [2.45, 2.75) is 6.18 Å². The van der Waals surface area contributed by atoms with E-state index in [4.69, 9.17) is 11.6 Å². The third-order valence-electron chi connectivity index (χ3n) is 2.32. The molecule has 0 fully saturated rings. The third kappa shape index (κ3) is 5.54. The predicted octanol–water partition coefficient (Wildman–Crippen LogP) is 1.22. The molecule has 0 radical (unpaired) electrons. The van der Waals surface area contributed by atoms with Crippen molar-refractivity contribution in [3.63, 3.8) is 0 Å². The number of aromatic nitrogens is 2. The van der Waals surface area contributed by atoms with E-state index in [1.54, 1.807) is 0 Å². The van der Waals surface area contributed by atoms with Gasteiger partial charge in [0.2, 0.25) is 5.91 Å². The van der Waals surface area contributed by atoms with Gasteiger partial charge >= 0.3 is 6.18 Å². The van der Waals surface area contributed by atoms with Crippen LogP contribution in [-0.2, 0) is 4.79 Å². The molecule has 0 saturated heterocycles. The molecule has 0 saturated carbocycles. The Labute approximate surface area is 123 Å². The fourth-order valence-electron chi connectivity index (χ4n) is 1.31. The minimum absolute atomic E-state index is 0.00158. The van der Waals surface area contributed by atoms with Crippen LogP contribution in [0.3, 0.4) is 0 Å². The van der Waals surface area contributed by atoms with Gasteiger partial charge in [0.25, 0.3) is 5.91 Å². The molecule has 21 heavy (non-hydrogen) atoms. The standard InChI is InChI=1S/C11H12ClF3N4O2/c1-18(2)9(20)5-19(6-11(13,14)15)10(21)7-3-17-8(12)4-16-7/h3-4H,5-6H2,1-2H3. The number of carbonyl (C=O) groups is 2. The molecule has 116 valence electrons. The van der Waals surface area contributed by atoms with Crippen molar-refractivity contribution >= 4 is 23.4 Å². The van der Waals surface area contributed by atoms with Crippen LogP contribution in [0.2, 0.25) is 5.15 Å². The molecule has 0 aliphatic rings. The first-order chi connectivity index (χ1) is 9.60. The third-order valence-corrected chi connectivity index (χ3v) is 2.52. The number of nitrogens with zero attached hydrogens (tertiary/aromatic N) is 4. The molecule has 0 unspecified atom stereocenters. The Morgan fingerprint density at radius 3 is 2.29 bits per heavy atom. The number of hydrogen-bond acceptors (Lipinski definition) is 4. The molecule has 0 spiro atoms. The van der Waals surface area contributed by atoms with Crippen LogP contribution in [0.4, 0.5) is 13.2 Å². The lowest BCUT2D eigenvalue weighted by molar-refractivity contribution is -0.146. The first-order valence-corrected chi connectivity index (χ1v) is 6.01. The van der Waals surface area contributed by atoms with Gasteiger partial charge in [-0.15, -0.1) is 0 Å². The molecular formula is C11H12ClF3N4O2. The van der Waals surface area contributed by atoms with Crippen molar-refractivity contribution in [1.29, 1.82) is 0 Å². The smallest absolute Gasteiger partial charge is 0.347 e. The van der Waals surface area contributed by atoms with Crippen LogP contribution >= 0.6 is 11.6 Å². The van der Waals surface area contributed by atoms with Crippen LogP contribution in [0.15, 0.2) is 12.4 Å². The highest BCUT2D eigenvalue weighted by molar-refractivity contribution is 6.29. The van der Waals surface area contributed by atoms with E-state index in [1.165, 1.54) is 14.1 Å². The lowest BCUT2D eigenvalue weighted by Crippen LogP contribution is -2.45. The summed E-state index contributed by atoms with van der Waals surface area (Å²) >= 11 is 5.49. The van der Waals surface area contributed by atoms with Crippen LogP contribution < -0.4 is 0 Å². The van der Waals surface area contributed by atoms with E-state index in [0.29, 0.717) is 4.90 Å². The van der Waals surface area contributed by atoms with Crippen molar-refractivity contribution < 1.29 is 22.8 Å². The molecule has 1 heterocycles. The highest BCUT2D eigenvalue weighted by Crippen LogP contribution is 2.18. The number of rotatable bonds is 4. The molecule has 2 amide bonds. The lowest BCUT2D eigenvalue weighted by Gasteiger charge is -2.24. The number of alkyl halides is 3. The van der Waals surface area contributed by atoms with E-state index in [9.17, 15) is 22.8 Å². The van der Waals surface area contributed by atoms with Gasteiger partial charge in [-0.3, -0.25) is 9.59 Å². The van der Waals surface area contributed by atoms with E-state index in [2.05, 4.69) is 9.97 Å². The van der Waals surface area contributed by atoms with Crippen LogP contribution in [0.5, 0.6) is 0 Å². The second-order valence-corrected chi connectivity index (χ2v) is 4.68. The molecule has 10 heteroatoms. The summed E-state index contributed by atoms with van der Waals surface area (Å²) in [5, 5.41) is -0.00158. The average molecular weight is 325 g/mol. The van der Waals surface area contributed by atoms with Crippen molar-refractivity contribution in [1.82, 2.24) is 19.8 Å². The fraction of sp³-hybridized carbons (Fsp3) is 0.455. The Balaban J connectivity index is 2.96. The maximum absolute atomic E-state index is 12.5. The molecular weight excluding hydrogens is 313 g/mol. The Kier molecular flexibility index (Phi) is 5.47. The van der Waals surface area contributed by atoms with Gasteiger partial charge in [-0.1, -0.05) is 11.6 Å².